The van der Waals surface area contributed by atoms with E-state index in [1.807, 2.05) is 0 Å². The van der Waals surface area contributed by atoms with E-state index < -0.39 is 75.1 Å². The summed E-state index contributed by atoms with van der Waals surface area (Å²) in [5.41, 5.74) is 0.130. The standard InChI is InChI=1S/C17H18F2O11S/c1-6(2)13(20)27-3-4-28-14(21)9-7-5-8-10(9)15(22)29-11(8)12(7)30-16(23)17(18,19)31(24,25)26/h7-12H,1,3-5H2,2H3,(H,24,25,26). The van der Waals surface area contributed by atoms with Crippen LogP contribution in [-0.2, 0) is 48.2 Å². The van der Waals surface area contributed by atoms with Gasteiger partial charge in [-0.3, -0.25) is 14.1 Å². The van der Waals surface area contributed by atoms with E-state index in [1.54, 1.807) is 0 Å². The van der Waals surface area contributed by atoms with E-state index >= 15 is 0 Å². The first-order valence-electron chi connectivity index (χ1n) is 9.03. The van der Waals surface area contributed by atoms with Crippen molar-refractivity contribution in [2.75, 3.05) is 13.2 Å². The zero-order valence-corrected chi connectivity index (χ0v) is 16.8. The van der Waals surface area contributed by atoms with Crippen LogP contribution in [0.5, 0.6) is 0 Å². The van der Waals surface area contributed by atoms with E-state index in [-0.39, 0.29) is 25.2 Å². The molecule has 3 rings (SSSR count). The lowest BCUT2D eigenvalue weighted by Gasteiger charge is -2.30. The molecule has 6 atom stereocenters. The van der Waals surface area contributed by atoms with Gasteiger partial charge in [-0.05, 0) is 13.3 Å². The second-order valence-electron chi connectivity index (χ2n) is 7.46. The lowest BCUT2D eigenvalue weighted by molar-refractivity contribution is -0.179. The molecule has 0 aromatic heterocycles. The second kappa shape index (κ2) is 7.82. The normalized spacial score (nSPS) is 31.2. The number of rotatable bonds is 8. The molecule has 6 unspecified atom stereocenters. The molecule has 0 amide bonds. The zero-order chi connectivity index (χ0) is 23.3. The summed E-state index contributed by atoms with van der Waals surface area (Å²) in [6.07, 6.45) is -2.53. The molecule has 2 bridgehead atoms. The van der Waals surface area contributed by atoms with Gasteiger partial charge in [-0.2, -0.15) is 17.2 Å². The number of alkyl halides is 2. The highest BCUT2D eigenvalue weighted by Gasteiger charge is 2.71. The van der Waals surface area contributed by atoms with Gasteiger partial charge in [-0.15, -0.1) is 0 Å². The Hall–Kier alpha value is -2.61. The predicted octanol–water partition coefficient (Wildman–Crippen LogP) is -0.151. The highest BCUT2D eigenvalue weighted by Crippen LogP contribution is 2.59. The van der Waals surface area contributed by atoms with Crippen LogP contribution in [0.3, 0.4) is 0 Å². The SMILES string of the molecule is C=C(C)C(=O)OCCOC(=O)C1C2CC3C(OC(=O)C31)C2OC(=O)C(F)(F)S(=O)(=O)O. The largest absolute Gasteiger partial charge is 0.465 e. The molecular formula is C17H18F2O11S. The third-order valence-corrected chi connectivity index (χ3v) is 6.35. The van der Waals surface area contributed by atoms with Crippen molar-refractivity contribution in [3.63, 3.8) is 0 Å². The minimum atomic E-state index is -6.09. The van der Waals surface area contributed by atoms with Crippen LogP contribution in [0.4, 0.5) is 8.78 Å². The highest BCUT2D eigenvalue weighted by molar-refractivity contribution is 7.87. The fraction of sp³-hybridized carbons (Fsp3) is 0.647. The molecule has 0 aromatic carbocycles. The van der Waals surface area contributed by atoms with Crippen LogP contribution in [0.2, 0.25) is 0 Å². The number of fused-ring (bicyclic) bond motifs is 1. The van der Waals surface area contributed by atoms with E-state index in [0.29, 0.717) is 0 Å². The molecule has 0 spiro atoms. The van der Waals surface area contributed by atoms with Gasteiger partial charge in [-0.25, -0.2) is 9.59 Å². The number of hydrogen-bond donors (Lipinski definition) is 1. The Morgan fingerprint density at radius 2 is 1.84 bits per heavy atom. The average molecular weight is 468 g/mol. The van der Waals surface area contributed by atoms with Gasteiger partial charge in [0.05, 0.1) is 11.8 Å². The molecule has 3 aliphatic rings. The molecule has 3 fully saturated rings. The van der Waals surface area contributed by atoms with Crippen LogP contribution in [0.25, 0.3) is 0 Å². The summed E-state index contributed by atoms with van der Waals surface area (Å²) in [5, 5.41) is -5.24. The third-order valence-electron chi connectivity index (χ3n) is 5.53. The minimum absolute atomic E-state index is 0.112. The molecule has 1 N–H and O–H groups in total. The molecule has 1 aliphatic heterocycles. The van der Waals surface area contributed by atoms with E-state index in [0.717, 1.165) is 0 Å². The van der Waals surface area contributed by atoms with Gasteiger partial charge in [0.25, 0.3) is 0 Å². The Morgan fingerprint density at radius 1 is 1.23 bits per heavy atom. The van der Waals surface area contributed by atoms with Crippen LogP contribution in [0, 0.1) is 23.7 Å². The number of carbonyl (C=O) groups excluding carboxylic acids is 4. The molecule has 2 saturated carbocycles. The Labute approximate surface area is 174 Å². The summed E-state index contributed by atoms with van der Waals surface area (Å²) in [6.45, 7) is 4.13. The number of ether oxygens (including phenoxy) is 4. The van der Waals surface area contributed by atoms with Crippen molar-refractivity contribution >= 4 is 34.0 Å². The first kappa shape index (κ1) is 23.1. The van der Waals surface area contributed by atoms with Crippen LogP contribution in [0.1, 0.15) is 13.3 Å². The summed E-state index contributed by atoms with van der Waals surface area (Å²) in [7, 11) is -6.09. The Bertz CT molecular complexity index is 944. The maximum absolute atomic E-state index is 13.6. The quantitative estimate of drug-likeness (QED) is 0.166. The highest BCUT2D eigenvalue weighted by atomic mass is 32.2. The summed E-state index contributed by atoms with van der Waals surface area (Å²) >= 11 is 0. The number of hydrogen-bond acceptors (Lipinski definition) is 10. The van der Waals surface area contributed by atoms with Crippen LogP contribution in [-0.4, -0.2) is 67.5 Å². The third kappa shape index (κ3) is 3.89. The van der Waals surface area contributed by atoms with Crippen molar-refractivity contribution < 1.29 is 59.9 Å². The summed E-state index contributed by atoms with van der Waals surface area (Å²) in [5.74, 6) is -8.65. The fourth-order valence-corrected chi connectivity index (χ4v) is 4.52. The summed E-state index contributed by atoms with van der Waals surface area (Å²) < 4.78 is 76.6. The lowest BCUT2D eigenvalue weighted by atomic mass is 9.78. The first-order valence-corrected chi connectivity index (χ1v) is 10.5. The lowest BCUT2D eigenvalue weighted by Crippen LogP contribution is -2.47. The molecule has 11 nitrogen and oxygen atoms in total. The van der Waals surface area contributed by atoms with Gasteiger partial charge in [-0.1, -0.05) is 6.58 Å². The van der Waals surface area contributed by atoms with Gasteiger partial charge >= 0.3 is 39.2 Å². The summed E-state index contributed by atoms with van der Waals surface area (Å²) in [6, 6.07) is 0. The van der Waals surface area contributed by atoms with Gasteiger partial charge < -0.3 is 18.9 Å². The molecular weight excluding hydrogens is 450 g/mol. The molecule has 2 aliphatic carbocycles. The second-order valence-corrected chi connectivity index (χ2v) is 8.92. The van der Waals surface area contributed by atoms with Gasteiger partial charge in [0.1, 0.15) is 25.4 Å². The Balaban J connectivity index is 1.69. The van der Waals surface area contributed by atoms with Crippen LogP contribution >= 0.6 is 0 Å². The fourth-order valence-electron chi connectivity index (χ4n) is 4.26. The molecule has 0 radical (unpaired) electrons. The zero-order valence-electron chi connectivity index (χ0n) is 16.0. The average Bonchev–Trinajstić information content (AvgIpc) is 3.27. The van der Waals surface area contributed by atoms with Crippen molar-refractivity contribution in [3.8, 4) is 0 Å². The van der Waals surface area contributed by atoms with E-state index in [1.165, 1.54) is 6.92 Å². The van der Waals surface area contributed by atoms with Crippen molar-refractivity contribution in [3.05, 3.63) is 12.2 Å². The van der Waals surface area contributed by atoms with Gasteiger partial charge in [0.2, 0.25) is 0 Å². The van der Waals surface area contributed by atoms with E-state index in [4.69, 9.17) is 18.8 Å². The van der Waals surface area contributed by atoms with Gasteiger partial charge in [0, 0.05) is 17.4 Å². The predicted molar refractivity (Wildman–Crippen MR) is 91.6 cm³/mol. The van der Waals surface area contributed by atoms with E-state index in [9.17, 15) is 36.4 Å². The molecule has 31 heavy (non-hydrogen) atoms. The maximum Gasteiger partial charge on any atom is 0.465 e. The molecule has 1 saturated heterocycles. The first-order chi connectivity index (χ1) is 14.3. The van der Waals surface area contributed by atoms with Crippen molar-refractivity contribution in [1.29, 1.82) is 0 Å². The van der Waals surface area contributed by atoms with Crippen LogP contribution < -0.4 is 0 Å². The molecule has 0 aromatic rings. The van der Waals surface area contributed by atoms with Gasteiger partial charge in [0.15, 0.2) is 0 Å². The van der Waals surface area contributed by atoms with Crippen molar-refractivity contribution in [2.24, 2.45) is 23.7 Å². The van der Waals surface area contributed by atoms with E-state index in [2.05, 4.69) is 11.3 Å². The topological polar surface area (TPSA) is 160 Å². The number of carbonyl (C=O) groups is 4. The maximum atomic E-state index is 13.6. The molecule has 172 valence electrons. The number of halogens is 2. The van der Waals surface area contributed by atoms with Crippen molar-refractivity contribution in [1.82, 2.24) is 0 Å². The monoisotopic (exact) mass is 468 g/mol. The molecule has 1 heterocycles. The smallest absolute Gasteiger partial charge is 0.462 e. The van der Waals surface area contributed by atoms with Crippen LogP contribution in [0.15, 0.2) is 12.2 Å². The number of esters is 4. The Morgan fingerprint density at radius 3 is 2.42 bits per heavy atom. The minimum Gasteiger partial charge on any atom is -0.462 e. The van der Waals surface area contributed by atoms with Crippen molar-refractivity contribution in [2.45, 2.75) is 30.8 Å². The molecule has 14 heteroatoms. The Kier molecular flexibility index (Phi) is 5.82. The summed E-state index contributed by atoms with van der Waals surface area (Å²) in [4.78, 5) is 47.7.